The highest BCUT2D eigenvalue weighted by Crippen LogP contribution is 2.22. The van der Waals surface area contributed by atoms with E-state index in [1.165, 1.54) is 0 Å². The summed E-state index contributed by atoms with van der Waals surface area (Å²) >= 11 is 5.78. The third kappa shape index (κ3) is 5.60. The van der Waals surface area contributed by atoms with Crippen LogP contribution in [0.25, 0.3) is 0 Å². The van der Waals surface area contributed by atoms with Crippen molar-refractivity contribution >= 4 is 28.9 Å². The van der Waals surface area contributed by atoms with Crippen LogP contribution >= 0.6 is 11.6 Å². The molecule has 0 heterocycles. The van der Waals surface area contributed by atoms with Gasteiger partial charge in [0.1, 0.15) is 0 Å². The lowest BCUT2D eigenvalue weighted by Gasteiger charge is -2.14. The lowest BCUT2D eigenvalue weighted by molar-refractivity contribution is -0.116. The zero-order valence-corrected chi connectivity index (χ0v) is 11.6. The summed E-state index contributed by atoms with van der Waals surface area (Å²) in [5.41, 5.74) is 6.75. The van der Waals surface area contributed by atoms with Crippen LogP contribution in [-0.4, -0.2) is 30.9 Å². The molecule has 5 nitrogen and oxygen atoms in total. The molecule has 0 spiro atoms. The van der Waals surface area contributed by atoms with E-state index < -0.39 is 0 Å². The Morgan fingerprint density at radius 1 is 1.53 bits per heavy atom. The number of amides is 1. The summed E-state index contributed by atoms with van der Waals surface area (Å²) in [5.74, 6) is -0.113. The molecule has 0 saturated carbocycles. The first kappa shape index (κ1) is 15.3. The number of carbonyl (C=O) groups is 1. The van der Waals surface area contributed by atoms with Gasteiger partial charge in [0.2, 0.25) is 5.91 Å². The SMILES string of the molecule is CN(CCC#N)CCC(=O)Nc1ccc(Cl)cc1N. The van der Waals surface area contributed by atoms with Gasteiger partial charge in [0, 0.05) is 31.0 Å². The van der Waals surface area contributed by atoms with Crippen LogP contribution in [0.4, 0.5) is 11.4 Å². The number of nitriles is 1. The molecule has 1 aromatic rings. The predicted molar refractivity (Wildman–Crippen MR) is 76.8 cm³/mol. The van der Waals surface area contributed by atoms with Crippen LogP contribution in [0.3, 0.4) is 0 Å². The lowest BCUT2D eigenvalue weighted by atomic mass is 10.2. The molecule has 0 atom stereocenters. The van der Waals surface area contributed by atoms with Gasteiger partial charge in [-0.05, 0) is 25.2 Å². The molecule has 0 unspecified atom stereocenters. The van der Waals surface area contributed by atoms with Crippen LogP contribution in [0.5, 0.6) is 0 Å². The molecule has 1 rings (SSSR count). The topological polar surface area (TPSA) is 82.2 Å². The number of carbonyl (C=O) groups excluding carboxylic acids is 1. The molecule has 6 heteroatoms. The second-order valence-corrected chi connectivity index (χ2v) is 4.68. The molecule has 0 bridgehead atoms. The first-order chi connectivity index (χ1) is 9.02. The van der Waals surface area contributed by atoms with E-state index in [0.29, 0.717) is 42.3 Å². The van der Waals surface area contributed by atoms with Gasteiger partial charge in [-0.15, -0.1) is 0 Å². The predicted octanol–water partition coefficient (Wildman–Crippen LogP) is 2.10. The van der Waals surface area contributed by atoms with Gasteiger partial charge in [-0.2, -0.15) is 5.26 Å². The van der Waals surface area contributed by atoms with Crippen LogP contribution in [0.1, 0.15) is 12.8 Å². The highest BCUT2D eigenvalue weighted by Gasteiger charge is 2.07. The Kier molecular flexibility index (Phi) is 6.13. The van der Waals surface area contributed by atoms with Crippen molar-refractivity contribution in [3.05, 3.63) is 23.2 Å². The molecule has 1 aromatic carbocycles. The van der Waals surface area contributed by atoms with Crippen LogP contribution < -0.4 is 11.1 Å². The highest BCUT2D eigenvalue weighted by atomic mass is 35.5. The molecule has 0 aromatic heterocycles. The number of nitrogen functional groups attached to an aromatic ring is 1. The Bertz CT molecular complexity index is 484. The number of hydrogen-bond donors (Lipinski definition) is 2. The van der Waals surface area contributed by atoms with Crippen LogP contribution in [0.2, 0.25) is 5.02 Å². The number of nitrogens with zero attached hydrogens (tertiary/aromatic N) is 2. The van der Waals surface area contributed by atoms with E-state index >= 15 is 0 Å². The molecule has 1 amide bonds. The summed E-state index contributed by atoms with van der Waals surface area (Å²) in [5, 5.41) is 11.7. The number of nitrogens with two attached hydrogens (primary N) is 1. The van der Waals surface area contributed by atoms with Crippen molar-refractivity contribution in [1.29, 1.82) is 5.26 Å². The average molecular weight is 281 g/mol. The third-order valence-electron chi connectivity index (χ3n) is 2.61. The van der Waals surface area contributed by atoms with Crippen molar-refractivity contribution in [3.8, 4) is 6.07 Å². The molecule has 0 aliphatic carbocycles. The van der Waals surface area contributed by atoms with Crippen LogP contribution in [-0.2, 0) is 4.79 Å². The zero-order chi connectivity index (χ0) is 14.3. The van der Waals surface area contributed by atoms with Gasteiger partial charge >= 0.3 is 0 Å². The van der Waals surface area contributed by atoms with Gasteiger partial charge in [-0.1, -0.05) is 11.6 Å². The average Bonchev–Trinajstić information content (AvgIpc) is 2.37. The van der Waals surface area contributed by atoms with Crippen LogP contribution in [0, 0.1) is 11.3 Å². The van der Waals surface area contributed by atoms with Crippen LogP contribution in [0.15, 0.2) is 18.2 Å². The largest absolute Gasteiger partial charge is 0.397 e. The maximum absolute atomic E-state index is 11.7. The molecule has 0 fully saturated rings. The molecule has 3 N–H and O–H groups in total. The van der Waals surface area contributed by atoms with E-state index in [4.69, 9.17) is 22.6 Å². The molecule has 0 aliphatic heterocycles. The Labute approximate surface area is 117 Å². The smallest absolute Gasteiger partial charge is 0.225 e. The van der Waals surface area contributed by atoms with Gasteiger partial charge in [-0.25, -0.2) is 0 Å². The number of hydrogen-bond acceptors (Lipinski definition) is 4. The Balaban J connectivity index is 2.41. The normalized spacial score (nSPS) is 10.2. The Hall–Kier alpha value is -1.77. The standard InChI is InChI=1S/C13H17ClN4O/c1-18(7-2-6-15)8-5-13(19)17-12-4-3-10(14)9-11(12)16/h3-4,9H,2,5,7-8,16H2,1H3,(H,17,19). The van der Waals surface area contributed by atoms with E-state index in [1.807, 2.05) is 11.9 Å². The molecule has 19 heavy (non-hydrogen) atoms. The van der Waals surface area contributed by atoms with Gasteiger partial charge in [0.05, 0.1) is 17.4 Å². The minimum atomic E-state index is -0.113. The molecule has 0 saturated heterocycles. The van der Waals surface area contributed by atoms with Crippen molar-refractivity contribution in [1.82, 2.24) is 4.90 Å². The lowest BCUT2D eigenvalue weighted by Crippen LogP contribution is -2.25. The summed E-state index contributed by atoms with van der Waals surface area (Å²) < 4.78 is 0. The maximum atomic E-state index is 11.7. The Morgan fingerprint density at radius 2 is 2.26 bits per heavy atom. The van der Waals surface area contributed by atoms with Crippen molar-refractivity contribution in [2.45, 2.75) is 12.8 Å². The number of anilines is 2. The van der Waals surface area contributed by atoms with Gasteiger partial charge in [0.25, 0.3) is 0 Å². The quantitative estimate of drug-likeness (QED) is 0.782. The fourth-order valence-electron chi connectivity index (χ4n) is 1.51. The second kappa shape index (κ2) is 7.62. The van der Waals surface area contributed by atoms with Crippen molar-refractivity contribution in [3.63, 3.8) is 0 Å². The minimum Gasteiger partial charge on any atom is -0.397 e. The summed E-state index contributed by atoms with van der Waals surface area (Å²) in [6, 6.07) is 7.01. The number of benzene rings is 1. The van der Waals surface area contributed by atoms with E-state index in [0.717, 1.165) is 0 Å². The van der Waals surface area contributed by atoms with Gasteiger partial charge in [-0.3, -0.25) is 4.79 Å². The maximum Gasteiger partial charge on any atom is 0.225 e. The van der Waals surface area contributed by atoms with E-state index in [2.05, 4.69) is 11.4 Å². The van der Waals surface area contributed by atoms with Crippen molar-refractivity contribution in [2.75, 3.05) is 31.2 Å². The van der Waals surface area contributed by atoms with E-state index in [-0.39, 0.29) is 5.91 Å². The molecular formula is C13H17ClN4O. The molecule has 102 valence electrons. The number of rotatable bonds is 6. The summed E-state index contributed by atoms with van der Waals surface area (Å²) in [6.07, 6.45) is 0.812. The minimum absolute atomic E-state index is 0.113. The Morgan fingerprint density at radius 3 is 2.89 bits per heavy atom. The molecular weight excluding hydrogens is 264 g/mol. The third-order valence-corrected chi connectivity index (χ3v) is 2.85. The van der Waals surface area contributed by atoms with E-state index in [1.54, 1.807) is 18.2 Å². The number of halogens is 1. The van der Waals surface area contributed by atoms with Gasteiger partial charge in [0.15, 0.2) is 0 Å². The summed E-state index contributed by atoms with van der Waals surface area (Å²) in [6.45, 7) is 1.26. The fraction of sp³-hybridized carbons (Fsp3) is 0.385. The van der Waals surface area contributed by atoms with E-state index in [9.17, 15) is 4.79 Å². The first-order valence-corrected chi connectivity index (χ1v) is 6.31. The first-order valence-electron chi connectivity index (χ1n) is 5.93. The van der Waals surface area contributed by atoms with Crippen molar-refractivity contribution < 1.29 is 4.79 Å². The zero-order valence-electron chi connectivity index (χ0n) is 10.8. The molecule has 0 radical (unpaired) electrons. The second-order valence-electron chi connectivity index (χ2n) is 4.24. The summed E-state index contributed by atoms with van der Waals surface area (Å²) in [4.78, 5) is 13.7. The van der Waals surface area contributed by atoms with Crippen molar-refractivity contribution in [2.24, 2.45) is 0 Å². The number of nitrogens with one attached hydrogen (secondary N) is 1. The highest BCUT2D eigenvalue weighted by molar-refractivity contribution is 6.31. The fourth-order valence-corrected chi connectivity index (χ4v) is 1.69. The molecule has 0 aliphatic rings. The summed E-state index contributed by atoms with van der Waals surface area (Å²) in [7, 11) is 1.88. The van der Waals surface area contributed by atoms with Gasteiger partial charge < -0.3 is 16.0 Å². The monoisotopic (exact) mass is 280 g/mol.